The first kappa shape index (κ1) is 15.8. The van der Waals surface area contributed by atoms with Crippen LogP contribution in [0.2, 0.25) is 0 Å². The highest BCUT2D eigenvalue weighted by molar-refractivity contribution is 5.69. The lowest BCUT2D eigenvalue weighted by Crippen LogP contribution is -2.12. The highest BCUT2D eigenvalue weighted by Crippen LogP contribution is 2.27. The second kappa shape index (κ2) is 7.06. The summed E-state index contributed by atoms with van der Waals surface area (Å²) in [6.07, 6.45) is 8.81. The molecule has 0 unspecified atom stereocenters. The molecule has 4 aromatic heterocycles. The molecular weight excluding hydrogens is 324 g/mol. The fourth-order valence-corrected chi connectivity index (χ4v) is 2.56. The highest BCUT2D eigenvalue weighted by Gasteiger charge is 2.13. The zero-order valence-electron chi connectivity index (χ0n) is 14.2. The Balaban J connectivity index is 1.86. The molecule has 0 N–H and O–H groups in total. The van der Waals surface area contributed by atoms with Crippen molar-refractivity contribution in [3.8, 4) is 22.8 Å². The monoisotopic (exact) mass is 340 g/mol. The normalized spacial score (nSPS) is 10.5. The van der Waals surface area contributed by atoms with Crippen LogP contribution in [0.5, 0.6) is 0 Å². The minimum absolute atomic E-state index is 0.567. The summed E-state index contributed by atoms with van der Waals surface area (Å²) in [5.74, 6) is 1.32. The SMILES string of the molecule is CN(c1cccnc1)c1cc(-c2cccnc2)nc(-c2ccccn2)n1. The maximum atomic E-state index is 4.71. The molecule has 0 bridgehead atoms. The van der Waals surface area contributed by atoms with E-state index in [0.717, 1.165) is 28.5 Å². The summed E-state index contributed by atoms with van der Waals surface area (Å²) < 4.78 is 0. The number of hydrogen-bond donors (Lipinski definition) is 0. The summed E-state index contributed by atoms with van der Waals surface area (Å²) in [7, 11) is 1.95. The smallest absolute Gasteiger partial charge is 0.180 e. The first-order valence-electron chi connectivity index (χ1n) is 8.16. The van der Waals surface area contributed by atoms with Gasteiger partial charge in [-0.2, -0.15) is 0 Å². The third kappa shape index (κ3) is 3.25. The van der Waals surface area contributed by atoms with E-state index in [1.807, 2.05) is 60.5 Å². The van der Waals surface area contributed by atoms with E-state index in [-0.39, 0.29) is 0 Å². The van der Waals surface area contributed by atoms with Crippen LogP contribution in [-0.2, 0) is 0 Å². The summed E-state index contributed by atoms with van der Waals surface area (Å²) in [6.45, 7) is 0. The predicted octanol–water partition coefficient (Wildman–Crippen LogP) is 3.76. The molecule has 6 heteroatoms. The number of aromatic nitrogens is 5. The molecule has 4 rings (SSSR count). The number of nitrogens with zero attached hydrogens (tertiary/aromatic N) is 6. The zero-order chi connectivity index (χ0) is 17.8. The van der Waals surface area contributed by atoms with Crippen molar-refractivity contribution >= 4 is 11.5 Å². The second-order valence-electron chi connectivity index (χ2n) is 5.66. The molecule has 0 aliphatic rings. The van der Waals surface area contributed by atoms with Gasteiger partial charge in [-0.25, -0.2) is 9.97 Å². The highest BCUT2D eigenvalue weighted by atomic mass is 15.2. The van der Waals surface area contributed by atoms with Crippen LogP contribution < -0.4 is 4.90 Å². The Morgan fingerprint density at radius 3 is 2.31 bits per heavy atom. The molecule has 0 saturated carbocycles. The van der Waals surface area contributed by atoms with Crippen molar-refractivity contribution in [1.82, 2.24) is 24.9 Å². The zero-order valence-corrected chi connectivity index (χ0v) is 14.2. The van der Waals surface area contributed by atoms with Gasteiger partial charge < -0.3 is 4.90 Å². The van der Waals surface area contributed by atoms with Crippen molar-refractivity contribution in [1.29, 1.82) is 0 Å². The third-order valence-electron chi connectivity index (χ3n) is 3.94. The summed E-state index contributed by atoms with van der Waals surface area (Å²) in [5.41, 5.74) is 3.38. The Morgan fingerprint density at radius 2 is 1.62 bits per heavy atom. The summed E-state index contributed by atoms with van der Waals surface area (Å²) in [6, 6.07) is 15.4. The minimum Gasteiger partial charge on any atom is -0.328 e. The van der Waals surface area contributed by atoms with Crippen molar-refractivity contribution in [3.63, 3.8) is 0 Å². The largest absolute Gasteiger partial charge is 0.328 e. The van der Waals surface area contributed by atoms with Crippen LogP contribution in [-0.4, -0.2) is 32.0 Å². The maximum absolute atomic E-state index is 4.71. The molecular formula is C20H16N6. The van der Waals surface area contributed by atoms with Gasteiger partial charge >= 0.3 is 0 Å². The van der Waals surface area contributed by atoms with Crippen LogP contribution in [0.15, 0.2) is 79.5 Å². The molecule has 0 amide bonds. The Labute approximate surface area is 151 Å². The molecule has 0 spiro atoms. The molecule has 4 aromatic rings. The average molecular weight is 340 g/mol. The summed E-state index contributed by atoms with van der Waals surface area (Å²) >= 11 is 0. The van der Waals surface area contributed by atoms with Crippen LogP contribution in [0.3, 0.4) is 0 Å². The van der Waals surface area contributed by atoms with E-state index in [0.29, 0.717) is 5.82 Å². The summed E-state index contributed by atoms with van der Waals surface area (Å²) in [5, 5.41) is 0. The molecule has 0 aliphatic carbocycles. The van der Waals surface area contributed by atoms with Crippen molar-refractivity contribution in [2.24, 2.45) is 0 Å². The molecule has 0 aliphatic heterocycles. The molecule has 0 fully saturated rings. The van der Waals surface area contributed by atoms with Gasteiger partial charge in [0.25, 0.3) is 0 Å². The molecule has 0 saturated heterocycles. The van der Waals surface area contributed by atoms with Crippen LogP contribution in [0.4, 0.5) is 11.5 Å². The van der Waals surface area contributed by atoms with Gasteiger partial charge in [-0.3, -0.25) is 15.0 Å². The first-order valence-corrected chi connectivity index (χ1v) is 8.16. The van der Waals surface area contributed by atoms with Crippen LogP contribution in [0.1, 0.15) is 0 Å². The van der Waals surface area contributed by atoms with E-state index in [2.05, 4.69) is 15.0 Å². The van der Waals surface area contributed by atoms with Crippen molar-refractivity contribution in [2.45, 2.75) is 0 Å². The number of pyridine rings is 3. The van der Waals surface area contributed by atoms with E-state index in [1.54, 1.807) is 31.0 Å². The van der Waals surface area contributed by atoms with E-state index in [1.165, 1.54) is 0 Å². The van der Waals surface area contributed by atoms with Gasteiger partial charge in [0.2, 0.25) is 0 Å². The van der Waals surface area contributed by atoms with Crippen molar-refractivity contribution in [2.75, 3.05) is 11.9 Å². The van der Waals surface area contributed by atoms with Crippen LogP contribution in [0, 0.1) is 0 Å². The number of rotatable bonds is 4. The fourth-order valence-electron chi connectivity index (χ4n) is 2.56. The quantitative estimate of drug-likeness (QED) is 0.563. The molecule has 0 radical (unpaired) electrons. The lowest BCUT2D eigenvalue weighted by Gasteiger charge is -2.19. The van der Waals surface area contributed by atoms with E-state index >= 15 is 0 Å². The molecule has 0 atom stereocenters. The third-order valence-corrected chi connectivity index (χ3v) is 3.94. The van der Waals surface area contributed by atoms with E-state index < -0.39 is 0 Å². The predicted molar refractivity (Wildman–Crippen MR) is 101 cm³/mol. The first-order chi connectivity index (χ1) is 12.8. The molecule has 4 heterocycles. The van der Waals surface area contributed by atoms with E-state index in [4.69, 9.17) is 9.97 Å². The average Bonchev–Trinajstić information content (AvgIpc) is 2.75. The van der Waals surface area contributed by atoms with Crippen LogP contribution in [0.25, 0.3) is 22.8 Å². The van der Waals surface area contributed by atoms with Crippen molar-refractivity contribution in [3.05, 3.63) is 79.5 Å². The molecule has 0 aromatic carbocycles. The lowest BCUT2D eigenvalue weighted by molar-refractivity contribution is 1.07. The van der Waals surface area contributed by atoms with E-state index in [9.17, 15) is 0 Å². The van der Waals surface area contributed by atoms with Gasteiger partial charge in [-0.15, -0.1) is 0 Å². The van der Waals surface area contributed by atoms with Gasteiger partial charge in [-0.05, 0) is 36.4 Å². The maximum Gasteiger partial charge on any atom is 0.180 e. The molecule has 126 valence electrons. The van der Waals surface area contributed by atoms with Crippen molar-refractivity contribution < 1.29 is 0 Å². The molecule has 26 heavy (non-hydrogen) atoms. The number of hydrogen-bond acceptors (Lipinski definition) is 6. The van der Waals surface area contributed by atoms with Gasteiger partial charge in [0.05, 0.1) is 17.6 Å². The Hall–Kier alpha value is -3.67. The Bertz CT molecular complexity index is 933. The summed E-state index contributed by atoms with van der Waals surface area (Å²) in [4.78, 5) is 24.1. The van der Waals surface area contributed by atoms with Gasteiger partial charge in [0, 0.05) is 43.5 Å². The Morgan fingerprint density at radius 1 is 0.769 bits per heavy atom. The van der Waals surface area contributed by atoms with Crippen LogP contribution >= 0.6 is 0 Å². The van der Waals surface area contributed by atoms with Gasteiger partial charge in [0.1, 0.15) is 11.5 Å². The second-order valence-corrected chi connectivity index (χ2v) is 5.66. The number of anilines is 2. The van der Waals surface area contributed by atoms with Gasteiger partial charge in [-0.1, -0.05) is 6.07 Å². The van der Waals surface area contributed by atoms with Gasteiger partial charge in [0.15, 0.2) is 5.82 Å². The lowest BCUT2D eigenvalue weighted by atomic mass is 10.2. The fraction of sp³-hybridized carbons (Fsp3) is 0.0500. The molecule has 6 nitrogen and oxygen atoms in total. The minimum atomic E-state index is 0.567. The topological polar surface area (TPSA) is 67.7 Å². The Kier molecular flexibility index (Phi) is 4.30. The standard InChI is InChI=1S/C20H16N6/c1-26(16-7-5-10-22-14-16)19-12-18(15-6-4-9-21-13-15)24-20(25-19)17-8-2-3-11-23-17/h2-14H,1H3.